The van der Waals surface area contributed by atoms with E-state index in [1.54, 1.807) is 0 Å². The van der Waals surface area contributed by atoms with Crippen LogP contribution < -0.4 is 5.73 Å². The topological polar surface area (TPSA) is 46.3 Å². The summed E-state index contributed by atoms with van der Waals surface area (Å²) in [7, 11) is 0. The molecule has 0 saturated heterocycles. The molecule has 0 spiro atoms. The average molecular weight is 337 g/mol. The van der Waals surface area contributed by atoms with Gasteiger partial charge in [-0.2, -0.15) is 0 Å². The fraction of sp³-hybridized carbons (Fsp3) is 0.632. The number of carbonyl (C=O) groups excluding carboxylic acids is 1. The van der Waals surface area contributed by atoms with Crippen molar-refractivity contribution in [1.82, 2.24) is 4.90 Å². The first-order chi connectivity index (χ1) is 10.6. The van der Waals surface area contributed by atoms with Crippen molar-refractivity contribution in [3.05, 3.63) is 35.9 Å². The van der Waals surface area contributed by atoms with E-state index in [1.165, 1.54) is 38.5 Å². The lowest BCUT2D eigenvalue weighted by Crippen LogP contribution is -2.44. The lowest BCUT2D eigenvalue weighted by atomic mass is 9.86. The first kappa shape index (κ1) is 18.3. The first-order valence-electron chi connectivity index (χ1n) is 8.77. The SMILES string of the molecule is CC1CCC(N(C(=O)CC(N)c2ccccc2)C2CC2)CC1.Cl. The summed E-state index contributed by atoms with van der Waals surface area (Å²) in [6.07, 6.45) is 7.65. The number of hydrogen-bond acceptors (Lipinski definition) is 2. The number of nitrogens with two attached hydrogens (primary N) is 1. The van der Waals surface area contributed by atoms with Gasteiger partial charge in [-0.1, -0.05) is 37.3 Å². The highest BCUT2D eigenvalue weighted by Gasteiger charge is 2.38. The molecule has 128 valence electrons. The fourth-order valence-electron chi connectivity index (χ4n) is 3.69. The van der Waals surface area contributed by atoms with Crippen LogP contribution in [0, 0.1) is 5.92 Å². The number of halogens is 1. The van der Waals surface area contributed by atoms with Gasteiger partial charge in [0.15, 0.2) is 0 Å². The van der Waals surface area contributed by atoms with Crippen molar-refractivity contribution < 1.29 is 4.79 Å². The van der Waals surface area contributed by atoms with Gasteiger partial charge in [0, 0.05) is 24.5 Å². The molecule has 0 heterocycles. The summed E-state index contributed by atoms with van der Waals surface area (Å²) >= 11 is 0. The summed E-state index contributed by atoms with van der Waals surface area (Å²) < 4.78 is 0. The predicted octanol–water partition coefficient (Wildman–Crippen LogP) is 4.07. The van der Waals surface area contributed by atoms with Crippen LogP contribution in [0.3, 0.4) is 0 Å². The van der Waals surface area contributed by atoms with Gasteiger partial charge in [0.25, 0.3) is 0 Å². The van der Waals surface area contributed by atoms with Crippen molar-refractivity contribution in [2.75, 3.05) is 0 Å². The lowest BCUT2D eigenvalue weighted by molar-refractivity contribution is -0.135. The maximum atomic E-state index is 12.8. The van der Waals surface area contributed by atoms with Gasteiger partial charge in [-0.15, -0.1) is 12.4 Å². The minimum atomic E-state index is -0.183. The molecule has 3 rings (SSSR count). The molecule has 4 heteroatoms. The Labute approximate surface area is 146 Å². The van der Waals surface area contributed by atoms with Crippen LogP contribution in [0.5, 0.6) is 0 Å². The molecule has 0 aromatic heterocycles. The van der Waals surface area contributed by atoms with Crippen LogP contribution in [-0.4, -0.2) is 22.9 Å². The van der Waals surface area contributed by atoms with Crippen LogP contribution in [0.15, 0.2) is 30.3 Å². The van der Waals surface area contributed by atoms with Crippen LogP contribution in [0.25, 0.3) is 0 Å². The molecule has 2 N–H and O–H groups in total. The highest BCUT2D eigenvalue weighted by Crippen LogP contribution is 2.36. The Morgan fingerprint density at radius 1 is 1.09 bits per heavy atom. The van der Waals surface area contributed by atoms with Crippen molar-refractivity contribution in [2.24, 2.45) is 11.7 Å². The summed E-state index contributed by atoms with van der Waals surface area (Å²) in [6.45, 7) is 2.32. The smallest absolute Gasteiger partial charge is 0.224 e. The summed E-state index contributed by atoms with van der Waals surface area (Å²) in [6, 6.07) is 10.8. The van der Waals surface area contributed by atoms with Crippen molar-refractivity contribution >= 4 is 18.3 Å². The predicted molar refractivity (Wildman–Crippen MR) is 96.5 cm³/mol. The number of rotatable bonds is 5. The molecule has 0 bridgehead atoms. The minimum absolute atomic E-state index is 0. The van der Waals surface area contributed by atoms with E-state index in [9.17, 15) is 4.79 Å². The van der Waals surface area contributed by atoms with E-state index in [1.807, 2.05) is 30.3 Å². The van der Waals surface area contributed by atoms with E-state index in [-0.39, 0.29) is 24.4 Å². The van der Waals surface area contributed by atoms with Crippen molar-refractivity contribution in [1.29, 1.82) is 0 Å². The standard InChI is InChI=1S/C19H28N2O.ClH/c1-14-7-9-16(10-8-14)21(17-11-12-17)19(22)13-18(20)15-5-3-2-4-6-15;/h2-6,14,16-18H,7-13,20H2,1H3;1H. The van der Waals surface area contributed by atoms with Gasteiger partial charge >= 0.3 is 0 Å². The van der Waals surface area contributed by atoms with E-state index in [0.29, 0.717) is 18.5 Å². The Balaban J connectivity index is 0.00000192. The van der Waals surface area contributed by atoms with E-state index in [0.717, 1.165) is 11.5 Å². The molecule has 1 aromatic rings. The third kappa shape index (κ3) is 4.71. The van der Waals surface area contributed by atoms with Gasteiger partial charge in [-0.3, -0.25) is 4.79 Å². The molecule has 23 heavy (non-hydrogen) atoms. The zero-order chi connectivity index (χ0) is 15.5. The Bertz CT molecular complexity index is 495. The van der Waals surface area contributed by atoms with Crippen LogP contribution in [0.1, 0.15) is 63.5 Å². The second kappa shape index (κ2) is 8.16. The van der Waals surface area contributed by atoms with Crippen molar-refractivity contribution in [2.45, 2.75) is 70.0 Å². The third-order valence-electron chi connectivity index (χ3n) is 5.23. The average Bonchev–Trinajstić information content (AvgIpc) is 3.35. The zero-order valence-electron chi connectivity index (χ0n) is 14.0. The summed E-state index contributed by atoms with van der Waals surface area (Å²) in [5.74, 6) is 1.08. The minimum Gasteiger partial charge on any atom is -0.337 e. The van der Waals surface area contributed by atoms with Gasteiger partial charge in [0.2, 0.25) is 5.91 Å². The van der Waals surface area contributed by atoms with Crippen LogP contribution >= 0.6 is 12.4 Å². The molecule has 0 radical (unpaired) electrons. The molecule has 1 aromatic carbocycles. The molecule has 1 unspecified atom stereocenters. The van der Waals surface area contributed by atoms with Crippen LogP contribution in [0.2, 0.25) is 0 Å². The van der Waals surface area contributed by atoms with E-state index >= 15 is 0 Å². The molecular weight excluding hydrogens is 308 g/mol. The molecule has 2 aliphatic rings. The largest absolute Gasteiger partial charge is 0.337 e. The molecule has 3 nitrogen and oxygen atoms in total. The van der Waals surface area contributed by atoms with Gasteiger partial charge in [0.1, 0.15) is 0 Å². The van der Waals surface area contributed by atoms with E-state index in [2.05, 4.69) is 11.8 Å². The number of nitrogens with zero attached hydrogens (tertiary/aromatic N) is 1. The first-order valence-corrected chi connectivity index (χ1v) is 8.77. The molecule has 2 aliphatic carbocycles. The maximum absolute atomic E-state index is 12.8. The van der Waals surface area contributed by atoms with E-state index < -0.39 is 0 Å². The normalized spacial score (nSPS) is 25.3. The quantitative estimate of drug-likeness (QED) is 0.881. The van der Waals surface area contributed by atoms with Gasteiger partial charge in [-0.25, -0.2) is 0 Å². The molecule has 1 atom stereocenters. The van der Waals surface area contributed by atoms with Crippen molar-refractivity contribution in [3.8, 4) is 0 Å². The molecule has 2 saturated carbocycles. The lowest BCUT2D eigenvalue weighted by Gasteiger charge is -2.37. The summed E-state index contributed by atoms with van der Waals surface area (Å²) in [4.78, 5) is 15.0. The Kier molecular flexibility index (Phi) is 6.49. The van der Waals surface area contributed by atoms with Gasteiger partial charge < -0.3 is 10.6 Å². The maximum Gasteiger partial charge on any atom is 0.224 e. The number of carbonyl (C=O) groups is 1. The number of amides is 1. The van der Waals surface area contributed by atoms with Gasteiger partial charge in [-0.05, 0) is 50.0 Å². The Morgan fingerprint density at radius 3 is 2.13 bits per heavy atom. The Morgan fingerprint density at radius 2 is 1.61 bits per heavy atom. The van der Waals surface area contributed by atoms with E-state index in [4.69, 9.17) is 5.73 Å². The van der Waals surface area contributed by atoms with Crippen molar-refractivity contribution in [3.63, 3.8) is 0 Å². The number of benzene rings is 1. The summed E-state index contributed by atoms with van der Waals surface area (Å²) in [5.41, 5.74) is 7.32. The number of hydrogen-bond donors (Lipinski definition) is 1. The fourth-order valence-corrected chi connectivity index (χ4v) is 3.69. The van der Waals surface area contributed by atoms with Crippen LogP contribution in [0.4, 0.5) is 0 Å². The second-order valence-corrected chi connectivity index (χ2v) is 7.17. The van der Waals surface area contributed by atoms with Crippen LogP contribution in [-0.2, 0) is 4.79 Å². The molecule has 2 fully saturated rings. The highest BCUT2D eigenvalue weighted by atomic mass is 35.5. The van der Waals surface area contributed by atoms with Gasteiger partial charge in [0.05, 0.1) is 0 Å². The third-order valence-corrected chi connectivity index (χ3v) is 5.23. The monoisotopic (exact) mass is 336 g/mol. The summed E-state index contributed by atoms with van der Waals surface area (Å²) in [5, 5.41) is 0. The molecule has 1 amide bonds. The molecule has 0 aliphatic heterocycles. The highest BCUT2D eigenvalue weighted by molar-refractivity contribution is 5.85. The second-order valence-electron chi connectivity index (χ2n) is 7.17. The molecular formula is C19H29ClN2O. The zero-order valence-corrected chi connectivity index (χ0v) is 14.8. The Hall–Kier alpha value is -1.06.